The first-order valence-electron chi connectivity index (χ1n) is 5.50. The number of nitrogens with zero attached hydrogens (tertiary/aromatic N) is 5. The van der Waals surface area contributed by atoms with Crippen molar-refractivity contribution >= 4 is 23.4 Å². The van der Waals surface area contributed by atoms with Gasteiger partial charge in [0.2, 0.25) is 23.6 Å². The van der Waals surface area contributed by atoms with Crippen molar-refractivity contribution in [3.63, 3.8) is 0 Å². The Balaban J connectivity index is 2.41. The zero-order valence-electron chi connectivity index (χ0n) is 10.5. The van der Waals surface area contributed by atoms with Gasteiger partial charge < -0.3 is 21.6 Å². The van der Waals surface area contributed by atoms with Crippen LogP contribution in [0.1, 0.15) is 5.82 Å². The van der Waals surface area contributed by atoms with Crippen LogP contribution in [-0.4, -0.2) is 33.0 Å². The third-order valence-electron chi connectivity index (χ3n) is 2.49. The molecule has 0 saturated carbocycles. The Hall–Kier alpha value is -2.97. The Morgan fingerprint density at radius 3 is 2.50 bits per heavy atom. The highest BCUT2D eigenvalue weighted by Gasteiger charge is 2.13. The molecule has 5 N–H and O–H groups in total. The van der Waals surface area contributed by atoms with Crippen molar-refractivity contribution < 1.29 is 9.60 Å². The third-order valence-corrected chi connectivity index (χ3v) is 2.49. The van der Waals surface area contributed by atoms with E-state index in [1.807, 2.05) is 0 Å². The van der Waals surface area contributed by atoms with Crippen LogP contribution in [0.3, 0.4) is 0 Å². The molecule has 0 spiro atoms. The summed E-state index contributed by atoms with van der Waals surface area (Å²) in [6, 6.07) is 5.72. The van der Waals surface area contributed by atoms with E-state index in [-0.39, 0.29) is 29.4 Å². The molecule has 1 aromatic heterocycles. The Kier molecular flexibility index (Phi) is 3.60. The van der Waals surface area contributed by atoms with Crippen LogP contribution in [0.5, 0.6) is 0 Å². The number of halogens is 1. The van der Waals surface area contributed by atoms with Gasteiger partial charge in [0.25, 0.3) is 0 Å². The van der Waals surface area contributed by atoms with E-state index < -0.39 is 0 Å². The summed E-state index contributed by atoms with van der Waals surface area (Å²) in [5, 5.41) is 11.4. The minimum Gasteiger partial charge on any atom is -0.409 e. The van der Waals surface area contributed by atoms with E-state index in [1.54, 1.807) is 24.1 Å². The third kappa shape index (κ3) is 2.71. The van der Waals surface area contributed by atoms with Crippen molar-refractivity contribution in [3.8, 4) is 0 Å². The van der Waals surface area contributed by atoms with E-state index in [0.29, 0.717) is 5.69 Å². The van der Waals surface area contributed by atoms with Gasteiger partial charge in [-0.2, -0.15) is 15.0 Å². The first-order valence-corrected chi connectivity index (χ1v) is 5.50. The highest BCUT2D eigenvalue weighted by molar-refractivity contribution is 5.93. The maximum Gasteiger partial charge on any atom is 0.235 e. The molecule has 0 aliphatic carbocycles. The number of hydrogen-bond donors (Lipinski definition) is 3. The summed E-state index contributed by atoms with van der Waals surface area (Å²) < 4.78 is 12.9. The molecule has 20 heavy (non-hydrogen) atoms. The number of nitrogens with two attached hydrogens (primary N) is 2. The molecule has 2 aromatic rings. The molecular formula is C11H12FN7O. The molecule has 0 aliphatic rings. The van der Waals surface area contributed by atoms with Crippen LogP contribution in [-0.2, 0) is 0 Å². The van der Waals surface area contributed by atoms with Crippen LogP contribution in [0.2, 0.25) is 0 Å². The van der Waals surface area contributed by atoms with Gasteiger partial charge >= 0.3 is 0 Å². The number of oxime groups is 1. The molecule has 104 valence electrons. The zero-order valence-corrected chi connectivity index (χ0v) is 10.5. The van der Waals surface area contributed by atoms with E-state index in [1.165, 1.54) is 12.1 Å². The normalized spacial score (nSPS) is 11.4. The Morgan fingerprint density at radius 1 is 1.25 bits per heavy atom. The predicted octanol–water partition coefficient (Wildman–Crippen LogP) is 0.455. The molecule has 2 rings (SSSR count). The fourth-order valence-corrected chi connectivity index (χ4v) is 1.47. The standard InChI is InChI=1S/C11H12FN7O/c1-19(7-4-2-6(12)3-5-7)11-16-9(8(13)18-20)15-10(14)17-11/h2-5,20H,1H3,(H2,13,18)(H2,14,15,16,17). The zero-order chi connectivity index (χ0) is 14.7. The van der Waals surface area contributed by atoms with Gasteiger partial charge in [-0.1, -0.05) is 5.16 Å². The molecule has 1 heterocycles. The lowest BCUT2D eigenvalue weighted by molar-refractivity contribution is 0.318. The maximum atomic E-state index is 12.9. The molecule has 0 amide bonds. The number of amidine groups is 1. The smallest absolute Gasteiger partial charge is 0.235 e. The summed E-state index contributed by atoms with van der Waals surface area (Å²) in [4.78, 5) is 13.3. The summed E-state index contributed by atoms with van der Waals surface area (Å²) in [5.41, 5.74) is 11.6. The van der Waals surface area contributed by atoms with Gasteiger partial charge in [-0.3, -0.25) is 0 Å². The number of nitrogen functional groups attached to an aromatic ring is 1. The summed E-state index contributed by atoms with van der Waals surface area (Å²) in [5.74, 6) is -0.581. The molecule has 0 atom stereocenters. The van der Waals surface area contributed by atoms with E-state index in [9.17, 15) is 4.39 Å². The number of benzene rings is 1. The predicted molar refractivity (Wildman–Crippen MR) is 71.2 cm³/mol. The molecule has 1 aromatic carbocycles. The molecule has 0 radical (unpaired) electrons. The fraction of sp³-hybridized carbons (Fsp3) is 0.0909. The number of rotatable bonds is 3. The first kappa shape index (κ1) is 13.5. The van der Waals surface area contributed by atoms with Crippen molar-refractivity contribution in [1.29, 1.82) is 0 Å². The van der Waals surface area contributed by atoms with Gasteiger partial charge in [0, 0.05) is 12.7 Å². The summed E-state index contributed by atoms with van der Waals surface area (Å²) in [7, 11) is 1.66. The maximum absolute atomic E-state index is 12.9. The molecule has 0 bridgehead atoms. The van der Waals surface area contributed by atoms with Gasteiger partial charge in [0.05, 0.1) is 0 Å². The van der Waals surface area contributed by atoms with Crippen LogP contribution in [0.4, 0.5) is 22.0 Å². The second-order valence-electron chi connectivity index (χ2n) is 3.84. The van der Waals surface area contributed by atoms with Crippen LogP contribution >= 0.6 is 0 Å². The molecule has 9 heteroatoms. The first-order chi connectivity index (χ1) is 9.51. The Morgan fingerprint density at radius 2 is 1.90 bits per heavy atom. The average molecular weight is 277 g/mol. The lowest BCUT2D eigenvalue weighted by Crippen LogP contribution is -2.22. The summed E-state index contributed by atoms with van der Waals surface area (Å²) >= 11 is 0. The highest BCUT2D eigenvalue weighted by Crippen LogP contribution is 2.20. The van der Waals surface area contributed by atoms with E-state index in [0.717, 1.165) is 0 Å². The van der Waals surface area contributed by atoms with Gasteiger partial charge in [0.1, 0.15) is 5.82 Å². The number of anilines is 3. The van der Waals surface area contributed by atoms with Crippen LogP contribution in [0.25, 0.3) is 0 Å². The molecule has 0 fully saturated rings. The number of aromatic nitrogens is 3. The lowest BCUT2D eigenvalue weighted by Gasteiger charge is -2.17. The van der Waals surface area contributed by atoms with Gasteiger partial charge in [0.15, 0.2) is 0 Å². The van der Waals surface area contributed by atoms with Crippen molar-refractivity contribution in [2.75, 3.05) is 17.7 Å². The Labute approximate surface area is 113 Å². The summed E-state index contributed by atoms with van der Waals surface area (Å²) in [6.07, 6.45) is 0. The molecular weight excluding hydrogens is 265 g/mol. The Bertz CT molecular complexity index is 644. The lowest BCUT2D eigenvalue weighted by atomic mass is 10.3. The molecule has 0 aliphatic heterocycles. The monoisotopic (exact) mass is 277 g/mol. The van der Waals surface area contributed by atoms with Crippen molar-refractivity contribution in [3.05, 3.63) is 35.9 Å². The van der Waals surface area contributed by atoms with Gasteiger partial charge in [-0.05, 0) is 24.3 Å². The number of hydrogen-bond acceptors (Lipinski definition) is 7. The quantitative estimate of drug-likeness (QED) is 0.322. The van der Waals surface area contributed by atoms with E-state index in [4.69, 9.17) is 16.7 Å². The van der Waals surface area contributed by atoms with Gasteiger partial charge in [-0.25, -0.2) is 4.39 Å². The largest absolute Gasteiger partial charge is 0.409 e. The van der Waals surface area contributed by atoms with Crippen molar-refractivity contribution in [2.45, 2.75) is 0 Å². The van der Waals surface area contributed by atoms with Crippen LogP contribution in [0, 0.1) is 5.82 Å². The van der Waals surface area contributed by atoms with E-state index >= 15 is 0 Å². The van der Waals surface area contributed by atoms with Crippen LogP contribution in [0.15, 0.2) is 29.4 Å². The molecule has 0 saturated heterocycles. The minimum absolute atomic E-state index is 0.0519. The topological polar surface area (TPSA) is 127 Å². The molecule has 0 unspecified atom stereocenters. The van der Waals surface area contributed by atoms with Crippen molar-refractivity contribution in [1.82, 2.24) is 15.0 Å². The fourth-order valence-electron chi connectivity index (χ4n) is 1.47. The SMILES string of the molecule is CN(c1ccc(F)cc1)c1nc(N)nc(/C(N)=N/O)n1. The highest BCUT2D eigenvalue weighted by atomic mass is 19.1. The van der Waals surface area contributed by atoms with Crippen molar-refractivity contribution in [2.24, 2.45) is 10.9 Å². The molecule has 8 nitrogen and oxygen atoms in total. The van der Waals surface area contributed by atoms with Crippen LogP contribution < -0.4 is 16.4 Å². The van der Waals surface area contributed by atoms with E-state index in [2.05, 4.69) is 20.1 Å². The summed E-state index contributed by atoms with van der Waals surface area (Å²) in [6.45, 7) is 0. The average Bonchev–Trinajstić information content (AvgIpc) is 2.45. The minimum atomic E-state index is -0.352. The second kappa shape index (κ2) is 5.34. The van der Waals surface area contributed by atoms with Gasteiger partial charge in [-0.15, -0.1) is 0 Å². The second-order valence-corrected chi connectivity index (χ2v) is 3.84.